The number of fused-ring (bicyclic) bond motifs is 2. The molecule has 2 heterocycles. The molecule has 0 amide bonds. The lowest BCUT2D eigenvalue weighted by atomic mass is 9.95. The number of carbonyl (C=O) groups is 2. The number of hydroxylamine groups is 6. The normalized spacial score (nSPS) is 15.8. The molecule has 2 atom stereocenters. The Kier molecular flexibility index (Phi) is 25.9. The van der Waals surface area contributed by atoms with Crippen LogP contribution >= 0.6 is 0 Å². The van der Waals surface area contributed by atoms with Gasteiger partial charge in [0.25, 0.3) is 0 Å². The van der Waals surface area contributed by atoms with Crippen LogP contribution in [0.4, 0.5) is 0 Å². The van der Waals surface area contributed by atoms with Crippen LogP contribution in [-0.4, -0.2) is 127 Å². The lowest BCUT2D eigenvalue weighted by molar-refractivity contribution is -0.862. The first kappa shape index (κ1) is 86.6. The van der Waals surface area contributed by atoms with E-state index in [0.717, 1.165) is 99.2 Å². The third-order valence-electron chi connectivity index (χ3n) is 21.1. The maximum Gasteiger partial charge on any atom is 0.234 e. The molecule has 0 N–H and O–H groups in total. The van der Waals surface area contributed by atoms with Crippen LogP contribution in [0.2, 0.25) is 36.3 Å². The summed E-state index contributed by atoms with van der Waals surface area (Å²) in [4.78, 5) is 50.3. The van der Waals surface area contributed by atoms with Crippen molar-refractivity contribution in [3.05, 3.63) is 269 Å². The van der Waals surface area contributed by atoms with Gasteiger partial charge in [-0.05, 0) is 149 Å². The van der Waals surface area contributed by atoms with Crippen LogP contribution in [0, 0.1) is 47.2 Å². The predicted octanol–water partition coefficient (Wildman–Crippen LogP) is 16.5. The summed E-state index contributed by atoms with van der Waals surface area (Å²) < 4.78 is 2.72. The maximum absolute atomic E-state index is 13.8. The molecule has 578 valence electrons. The van der Waals surface area contributed by atoms with Gasteiger partial charge in [-0.2, -0.15) is 0 Å². The molecule has 0 aromatic heterocycles. The fourth-order valence-electron chi connectivity index (χ4n) is 13.4. The minimum atomic E-state index is -2.43. The summed E-state index contributed by atoms with van der Waals surface area (Å²) in [5.41, 5.74) is 12.7. The number of hydrogen-bond acceptors (Lipinski definition) is 9. The molecule has 2 unspecified atom stereocenters. The summed E-state index contributed by atoms with van der Waals surface area (Å²) in [5, 5.41) is 33.7. The molecule has 0 spiro atoms. The zero-order chi connectivity index (χ0) is 81.2. The summed E-state index contributed by atoms with van der Waals surface area (Å²) in [6, 6.07) is 50.2. The number of Topliss-reactive ketones (excluding diaryl/α,β-unsaturated/α-hetero) is 1. The van der Waals surface area contributed by atoms with Gasteiger partial charge in [0.05, 0.1) is 50.4 Å². The number of benzene rings is 4. The highest BCUT2D eigenvalue weighted by Crippen LogP contribution is 2.54. The molecule has 10 rings (SSSR count). The standard InChI is InChI=1S/C50H62N5O3Si.C44H49N3O3Si.ClH/c1-48(2,3)53(57)33-42-40-25-17-16-18-26-41(40)43(47(42)59(14,15)50(7,8)9)45-44(51-10)46(58-54(45)49(4,5)6)38-24-20-22-36(30-38)28-27-35-21-19-23-37(29-35)31-52-32-39(56)34-55(11,12)13;1-42(2,3)46(49)28-36-34-22-14-13-15-23-35(34)37(41(36)51(11,12)44(7,8)9)39-38(45-10)40(50-47(39)43(4,5)6)33-21-17-19-31(27-33)25-24-30-18-16-20-32(26-30)29-48;/h16-26,29-31,33,45H,32,34H2,1-9,11-15H3;13-23,26-29,39H,1-9,11-12H3;1H/q+1;;/p-1/b52-31?,53-33-;46-28-;. The van der Waals surface area contributed by atoms with Crippen LogP contribution in [0.25, 0.3) is 43.5 Å². The first-order valence-corrected chi connectivity index (χ1v) is 43.8. The monoisotopic (exact) mass is 1540 g/mol. The number of nitrogens with zero attached hydrogens (tertiary/aromatic N) is 8. The highest BCUT2D eigenvalue weighted by atomic mass is 35.5. The average Bonchev–Trinajstić information content (AvgIpc) is 1.56. The van der Waals surface area contributed by atoms with Crippen molar-refractivity contribution < 1.29 is 45.6 Å². The van der Waals surface area contributed by atoms with Gasteiger partial charge in [-0.3, -0.25) is 14.6 Å². The smallest absolute Gasteiger partial charge is 0.234 e. The molecule has 0 saturated carbocycles. The first-order chi connectivity index (χ1) is 51.1. The zero-order valence-corrected chi connectivity index (χ0v) is 72.6. The van der Waals surface area contributed by atoms with Gasteiger partial charge in [-0.1, -0.05) is 201 Å². The fourth-order valence-corrected chi connectivity index (χ4v) is 18.6. The second-order valence-electron chi connectivity index (χ2n) is 37.0. The second-order valence-corrected chi connectivity index (χ2v) is 47.5. The van der Waals surface area contributed by atoms with Crippen molar-refractivity contribution in [2.75, 3.05) is 34.2 Å². The van der Waals surface area contributed by atoms with E-state index in [0.29, 0.717) is 39.5 Å². The minimum absolute atomic E-state index is 0. The number of likely N-dealkylation sites (N-methyl/N-ethyl adjacent to an activating group) is 1. The summed E-state index contributed by atoms with van der Waals surface area (Å²) in [7, 11) is 1.13. The number of rotatable bonds is 14. The van der Waals surface area contributed by atoms with Gasteiger partial charge in [-0.15, -0.1) is 10.1 Å². The van der Waals surface area contributed by atoms with E-state index < -0.39 is 50.4 Å². The molecular formula is C94H111ClN8O6Si2. The zero-order valence-electron chi connectivity index (χ0n) is 69.8. The first-order valence-electron chi connectivity index (χ1n) is 37.8. The molecule has 17 heteroatoms. The Labute approximate surface area is 669 Å². The van der Waals surface area contributed by atoms with Gasteiger partial charge < -0.3 is 37.0 Å². The van der Waals surface area contributed by atoms with Gasteiger partial charge in [0.2, 0.25) is 17.2 Å². The molecule has 4 aromatic rings. The lowest BCUT2D eigenvalue weighted by Crippen LogP contribution is -3.00. The Morgan fingerprint density at radius 1 is 0.514 bits per heavy atom. The number of aldehydes is 1. The molecule has 4 aliphatic carbocycles. The van der Waals surface area contributed by atoms with E-state index in [1.54, 1.807) is 30.8 Å². The van der Waals surface area contributed by atoms with Crippen LogP contribution in [0.1, 0.15) is 208 Å². The Morgan fingerprint density at radius 2 is 0.856 bits per heavy atom. The van der Waals surface area contributed by atoms with Gasteiger partial charge in [0, 0.05) is 109 Å². The predicted molar refractivity (Wildman–Crippen MR) is 458 cm³/mol. The Morgan fingerprint density at radius 3 is 1.19 bits per heavy atom. The van der Waals surface area contributed by atoms with Crippen LogP contribution in [-0.2, 0) is 14.5 Å². The van der Waals surface area contributed by atoms with E-state index >= 15 is 0 Å². The van der Waals surface area contributed by atoms with Crippen molar-refractivity contribution in [1.82, 2.24) is 10.1 Å². The van der Waals surface area contributed by atoms with E-state index in [1.165, 1.54) is 10.4 Å². The molecule has 111 heavy (non-hydrogen) atoms. The molecule has 4 aromatic carbocycles. The van der Waals surface area contributed by atoms with Crippen LogP contribution in [0.3, 0.4) is 0 Å². The molecule has 0 bridgehead atoms. The highest BCUT2D eigenvalue weighted by Gasteiger charge is 2.53. The van der Waals surface area contributed by atoms with E-state index in [1.807, 2.05) is 194 Å². The van der Waals surface area contributed by atoms with Crippen molar-refractivity contribution in [1.29, 1.82) is 0 Å². The second kappa shape index (κ2) is 33.1. The number of quaternary nitrogens is 1. The number of carbonyl (C=O) groups excluding carboxylic acids is 2. The van der Waals surface area contributed by atoms with Crippen molar-refractivity contribution >= 4 is 68.8 Å². The van der Waals surface area contributed by atoms with Crippen molar-refractivity contribution in [3.63, 3.8) is 0 Å². The van der Waals surface area contributed by atoms with E-state index in [9.17, 15) is 20.0 Å². The fraction of sp³-hybridized carbons (Fsp3) is 0.372. The number of hydrogen-bond donors (Lipinski definition) is 0. The van der Waals surface area contributed by atoms with Gasteiger partial charge in [-0.25, -0.2) is 19.2 Å². The van der Waals surface area contributed by atoms with E-state index in [-0.39, 0.29) is 34.8 Å². The van der Waals surface area contributed by atoms with Crippen molar-refractivity contribution in [2.24, 2.45) is 4.99 Å². The summed E-state index contributed by atoms with van der Waals surface area (Å²) in [5.74, 6) is 14.1. The SMILES string of the molecule is [C-]#[N+]C1=C(c2cccc(C#Cc3cccc(C=NCC(=O)C[N+](C)(C)C)c3)c2)ON(C(C)(C)C)C1c1c2cccccc-2c(/C=[N+](\[O-])C(C)(C)C)c1[Si](C)(C)C(C)(C)C.[C-]#[N+]C1=C(c2cccc(C#Cc3cccc(C=O)c3)c2)ON(C(C)(C)C)C1c1c2cccccc-2c(/C=[N+](\[O-])C(C)(C)C)c1[Si](C)(C)C(C)(C)C.[Cl-]. The maximum atomic E-state index is 13.8. The summed E-state index contributed by atoms with van der Waals surface area (Å²) >= 11 is 0. The molecule has 14 nitrogen and oxygen atoms in total. The van der Waals surface area contributed by atoms with Crippen LogP contribution in [0.15, 0.2) is 174 Å². The van der Waals surface area contributed by atoms with Gasteiger partial charge >= 0.3 is 0 Å². The minimum Gasteiger partial charge on any atom is -1.00 e. The quantitative estimate of drug-likeness (QED) is 0.0121. The summed E-state index contributed by atoms with van der Waals surface area (Å²) in [6.07, 6.45) is 6.11. The number of aliphatic imine (C=N–C) groups is 1. The molecule has 6 aliphatic rings. The average molecular weight is 1540 g/mol. The van der Waals surface area contributed by atoms with Crippen molar-refractivity contribution in [3.8, 4) is 45.9 Å². The number of halogens is 1. The summed E-state index contributed by atoms with van der Waals surface area (Å²) in [6.45, 7) is 65.5. The Balaban J connectivity index is 0.000000279. The van der Waals surface area contributed by atoms with Gasteiger partial charge in [0.1, 0.15) is 31.5 Å². The van der Waals surface area contributed by atoms with Gasteiger partial charge in [0.15, 0.2) is 35.0 Å². The topological polar surface area (TPSA) is 132 Å². The Hall–Kier alpha value is -9.99. The molecule has 0 radical (unpaired) electrons. The van der Waals surface area contributed by atoms with E-state index in [4.69, 9.17) is 22.8 Å². The number of ketones is 1. The third kappa shape index (κ3) is 19.3. The van der Waals surface area contributed by atoms with Crippen molar-refractivity contribution in [2.45, 2.75) is 195 Å². The molecule has 0 fully saturated rings. The van der Waals surface area contributed by atoms with Crippen LogP contribution < -0.4 is 22.8 Å². The Bertz CT molecular complexity index is 5170. The highest BCUT2D eigenvalue weighted by molar-refractivity contribution is 6.94. The molecular weight excluding hydrogens is 1430 g/mol. The largest absolute Gasteiger partial charge is 1.00 e. The lowest BCUT2D eigenvalue weighted by Gasteiger charge is -2.41. The van der Waals surface area contributed by atoms with Crippen LogP contribution in [0.5, 0.6) is 0 Å². The third-order valence-corrected chi connectivity index (χ3v) is 32.2. The molecule has 2 aliphatic heterocycles. The van der Waals surface area contributed by atoms with E-state index in [2.05, 4.69) is 172 Å². The molecule has 0 saturated heterocycles.